The Labute approximate surface area is 109 Å². The Morgan fingerprint density at radius 2 is 1.63 bits per heavy atom. The lowest BCUT2D eigenvalue weighted by molar-refractivity contribution is 0.0557. The van der Waals surface area contributed by atoms with E-state index in [9.17, 15) is 9.59 Å². The lowest BCUT2D eigenvalue weighted by Gasteiger charge is -2.10. The minimum atomic E-state index is -0.600. The molecule has 2 aromatic rings. The summed E-state index contributed by atoms with van der Waals surface area (Å²) in [6.45, 7) is 0. The molecule has 0 amide bonds. The minimum Gasteiger partial charge on any atom is -0.465 e. The van der Waals surface area contributed by atoms with Gasteiger partial charge < -0.3 is 15.2 Å². The first kappa shape index (κ1) is 12.9. The van der Waals surface area contributed by atoms with E-state index in [1.54, 1.807) is 24.3 Å². The van der Waals surface area contributed by atoms with Crippen LogP contribution in [-0.4, -0.2) is 26.2 Å². The number of carbonyl (C=O) groups excluding carboxylic acids is 2. The molecule has 0 heterocycles. The molecule has 5 heteroatoms. The van der Waals surface area contributed by atoms with E-state index in [0.29, 0.717) is 11.1 Å². The van der Waals surface area contributed by atoms with Crippen LogP contribution >= 0.6 is 0 Å². The molecule has 0 aliphatic heterocycles. The summed E-state index contributed by atoms with van der Waals surface area (Å²) in [5.74, 6) is -1.19. The molecule has 5 nitrogen and oxygen atoms in total. The number of carbonyl (C=O) groups is 2. The van der Waals surface area contributed by atoms with E-state index in [1.165, 1.54) is 20.3 Å². The lowest BCUT2D eigenvalue weighted by Crippen LogP contribution is -2.12. The van der Waals surface area contributed by atoms with Crippen LogP contribution in [0.2, 0.25) is 0 Å². The molecule has 0 aliphatic carbocycles. The van der Waals surface area contributed by atoms with Gasteiger partial charge in [0, 0.05) is 5.69 Å². The molecule has 0 unspecified atom stereocenters. The third kappa shape index (κ3) is 2.22. The minimum absolute atomic E-state index is 0.160. The van der Waals surface area contributed by atoms with Crippen LogP contribution in [0.4, 0.5) is 5.69 Å². The Morgan fingerprint density at radius 1 is 1.00 bits per heavy atom. The molecular formula is C14H13NO4. The summed E-state index contributed by atoms with van der Waals surface area (Å²) in [5, 5.41) is 1.36. The van der Waals surface area contributed by atoms with Gasteiger partial charge in [-0.3, -0.25) is 0 Å². The van der Waals surface area contributed by atoms with Crippen LogP contribution in [0, 0.1) is 0 Å². The summed E-state index contributed by atoms with van der Waals surface area (Å²) in [6, 6.07) is 8.40. The van der Waals surface area contributed by atoms with E-state index in [4.69, 9.17) is 10.5 Å². The van der Waals surface area contributed by atoms with Crippen molar-refractivity contribution in [3.63, 3.8) is 0 Å². The second kappa shape index (κ2) is 4.97. The third-order valence-electron chi connectivity index (χ3n) is 2.84. The number of nitrogen functional groups attached to an aromatic ring is 1. The number of hydrogen-bond donors (Lipinski definition) is 1. The maximum Gasteiger partial charge on any atom is 0.339 e. The van der Waals surface area contributed by atoms with Crippen LogP contribution < -0.4 is 5.73 Å². The van der Waals surface area contributed by atoms with Gasteiger partial charge in [0.25, 0.3) is 0 Å². The molecule has 0 spiro atoms. The highest BCUT2D eigenvalue weighted by atomic mass is 16.5. The lowest BCUT2D eigenvalue weighted by atomic mass is 9.98. The van der Waals surface area contributed by atoms with Crippen molar-refractivity contribution in [1.82, 2.24) is 0 Å². The van der Waals surface area contributed by atoms with Crippen LogP contribution in [0.1, 0.15) is 20.7 Å². The fourth-order valence-corrected chi connectivity index (χ4v) is 1.94. The average Bonchev–Trinajstić information content (AvgIpc) is 2.44. The monoisotopic (exact) mass is 259 g/mol. The molecule has 19 heavy (non-hydrogen) atoms. The molecule has 0 fully saturated rings. The highest BCUT2D eigenvalue weighted by molar-refractivity contribution is 6.13. The Kier molecular flexibility index (Phi) is 3.37. The first-order valence-electron chi connectivity index (χ1n) is 5.57. The van der Waals surface area contributed by atoms with Crippen molar-refractivity contribution in [2.45, 2.75) is 0 Å². The van der Waals surface area contributed by atoms with E-state index in [1.807, 2.05) is 0 Å². The summed E-state index contributed by atoms with van der Waals surface area (Å²) in [4.78, 5) is 23.6. The van der Waals surface area contributed by atoms with Gasteiger partial charge in [-0.15, -0.1) is 0 Å². The first-order valence-corrected chi connectivity index (χ1v) is 5.57. The zero-order valence-electron chi connectivity index (χ0n) is 10.6. The van der Waals surface area contributed by atoms with E-state index in [2.05, 4.69) is 4.74 Å². The molecule has 2 rings (SSSR count). The molecule has 0 aromatic heterocycles. The Balaban J connectivity index is 2.83. The summed E-state index contributed by atoms with van der Waals surface area (Å²) in [7, 11) is 2.52. The fourth-order valence-electron chi connectivity index (χ4n) is 1.94. The smallest absolute Gasteiger partial charge is 0.339 e. The second-order valence-corrected chi connectivity index (χ2v) is 3.95. The molecule has 2 N–H and O–H groups in total. The van der Waals surface area contributed by atoms with Gasteiger partial charge in [0.15, 0.2) is 0 Å². The SMILES string of the molecule is COC(=O)c1ccc2ccc(N)cc2c1C(=O)OC. The van der Waals surface area contributed by atoms with Crippen LogP contribution in [0.3, 0.4) is 0 Å². The van der Waals surface area contributed by atoms with Gasteiger partial charge in [-0.2, -0.15) is 0 Å². The van der Waals surface area contributed by atoms with E-state index < -0.39 is 11.9 Å². The van der Waals surface area contributed by atoms with Crippen molar-refractivity contribution in [2.24, 2.45) is 0 Å². The number of anilines is 1. The number of ether oxygens (including phenoxy) is 2. The average molecular weight is 259 g/mol. The van der Waals surface area contributed by atoms with Crippen molar-refractivity contribution in [3.05, 3.63) is 41.5 Å². The first-order chi connectivity index (χ1) is 9.08. The Hall–Kier alpha value is -2.56. The molecule has 98 valence electrons. The van der Waals surface area contributed by atoms with Gasteiger partial charge in [0.05, 0.1) is 25.3 Å². The number of esters is 2. The van der Waals surface area contributed by atoms with Gasteiger partial charge >= 0.3 is 11.9 Å². The van der Waals surface area contributed by atoms with Crippen molar-refractivity contribution < 1.29 is 19.1 Å². The van der Waals surface area contributed by atoms with E-state index >= 15 is 0 Å². The fraction of sp³-hybridized carbons (Fsp3) is 0.143. The molecule has 0 radical (unpaired) electrons. The largest absolute Gasteiger partial charge is 0.465 e. The van der Waals surface area contributed by atoms with Crippen molar-refractivity contribution in [1.29, 1.82) is 0 Å². The van der Waals surface area contributed by atoms with Gasteiger partial charge in [0.2, 0.25) is 0 Å². The summed E-state index contributed by atoms with van der Waals surface area (Å²) in [6.07, 6.45) is 0. The Morgan fingerprint density at radius 3 is 2.26 bits per heavy atom. The molecule has 0 atom stereocenters. The summed E-state index contributed by atoms with van der Waals surface area (Å²) < 4.78 is 9.40. The van der Waals surface area contributed by atoms with Crippen LogP contribution in [0.15, 0.2) is 30.3 Å². The quantitative estimate of drug-likeness (QED) is 0.659. The molecule has 0 saturated heterocycles. The number of benzene rings is 2. The van der Waals surface area contributed by atoms with Gasteiger partial charge in [-0.25, -0.2) is 9.59 Å². The molecular weight excluding hydrogens is 246 g/mol. The predicted octanol–water partition coefficient (Wildman–Crippen LogP) is 2.00. The van der Waals surface area contributed by atoms with Crippen molar-refractivity contribution >= 4 is 28.4 Å². The van der Waals surface area contributed by atoms with Gasteiger partial charge in [-0.1, -0.05) is 12.1 Å². The number of hydrogen-bond acceptors (Lipinski definition) is 5. The summed E-state index contributed by atoms with van der Waals surface area (Å²) >= 11 is 0. The molecule has 0 bridgehead atoms. The van der Waals surface area contributed by atoms with Crippen molar-refractivity contribution in [3.8, 4) is 0 Å². The standard InChI is InChI=1S/C14H13NO4/c1-18-13(16)10-6-4-8-3-5-9(15)7-11(8)12(10)14(17)19-2/h3-7H,15H2,1-2H3. The van der Waals surface area contributed by atoms with Crippen LogP contribution in [0.25, 0.3) is 10.8 Å². The highest BCUT2D eigenvalue weighted by Gasteiger charge is 2.21. The predicted molar refractivity (Wildman–Crippen MR) is 71.0 cm³/mol. The molecule has 0 aliphatic rings. The van der Waals surface area contributed by atoms with Gasteiger partial charge in [-0.05, 0) is 29.0 Å². The van der Waals surface area contributed by atoms with Gasteiger partial charge in [0.1, 0.15) is 0 Å². The summed E-state index contributed by atoms with van der Waals surface area (Å²) in [5.41, 5.74) is 6.55. The Bertz CT molecular complexity index is 664. The number of methoxy groups -OCH3 is 2. The van der Waals surface area contributed by atoms with E-state index in [0.717, 1.165) is 5.39 Å². The molecule has 2 aromatic carbocycles. The number of rotatable bonds is 2. The maximum absolute atomic E-state index is 11.9. The second-order valence-electron chi connectivity index (χ2n) is 3.95. The normalized spacial score (nSPS) is 10.2. The van der Waals surface area contributed by atoms with E-state index in [-0.39, 0.29) is 11.1 Å². The maximum atomic E-state index is 11.9. The number of fused-ring (bicyclic) bond motifs is 1. The van der Waals surface area contributed by atoms with Crippen molar-refractivity contribution in [2.75, 3.05) is 20.0 Å². The topological polar surface area (TPSA) is 78.6 Å². The number of nitrogens with two attached hydrogens (primary N) is 1. The molecule has 0 saturated carbocycles. The highest BCUT2D eigenvalue weighted by Crippen LogP contribution is 2.26. The zero-order chi connectivity index (χ0) is 14.0. The van der Waals surface area contributed by atoms with Crippen LogP contribution in [0.5, 0.6) is 0 Å². The van der Waals surface area contributed by atoms with Crippen LogP contribution in [-0.2, 0) is 9.47 Å². The zero-order valence-corrected chi connectivity index (χ0v) is 10.6. The third-order valence-corrected chi connectivity index (χ3v) is 2.84.